The van der Waals surface area contributed by atoms with Crippen LogP contribution in [0.1, 0.15) is 41.7 Å². The number of amides is 1. The molecule has 0 radical (unpaired) electrons. The van der Waals surface area contributed by atoms with E-state index in [4.69, 9.17) is 15.7 Å². The molecule has 2 N–H and O–H groups in total. The average Bonchev–Trinajstić information content (AvgIpc) is 3.03. The Morgan fingerprint density at radius 2 is 1.72 bits per heavy atom. The number of benzene rings is 2. The molecule has 0 fully saturated rings. The molecular weight excluding hydrogens is 318 g/mol. The monoisotopic (exact) mass is 347 g/mol. The van der Waals surface area contributed by atoms with Gasteiger partial charge in [-0.25, -0.2) is 9.59 Å². The predicted octanol–water partition coefficient (Wildman–Crippen LogP) is 3.63. The van der Waals surface area contributed by atoms with E-state index in [1.807, 2.05) is 36.4 Å². The van der Waals surface area contributed by atoms with Crippen molar-refractivity contribution in [2.24, 2.45) is 5.89 Å². The Morgan fingerprint density at radius 1 is 1.16 bits per heavy atom. The number of ether oxygens (including phenoxy) is 1. The molecule has 0 saturated carbocycles. The second-order valence-corrected chi connectivity index (χ2v) is 5.51. The summed E-state index contributed by atoms with van der Waals surface area (Å²) in [5.74, 6) is -6.62. The van der Waals surface area contributed by atoms with Gasteiger partial charge in [0.05, 0.1) is 1.37 Å². The highest BCUT2D eigenvalue weighted by atomic mass is 16.5. The second-order valence-electron chi connectivity index (χ2n) is 5.51. The Kier molecular flexibility index (Phi) is 2.68. The van der Waals surface area contributed by atoms with Gasteiger partial charge in [0.15, 0.2) is 0 Å². The third kappa shape index (κ3) is 3.36. The fourth-order valence-corrected chi connectivity index (χ4v) is 2.96. The van der Waals surface area contributed by atoms with E-state index in [0.717, 1.165) is 22.3 Å². The molecule has 2 aromatic carbocycles. The zero-order chi connectivity index (χ0) is 24.8. The summed E-state index contributed by atoms with van der Waals surface area (Å²) in [6.07, 6.45) is -1.53. The van der Waals surface area contributed by atoms with Gasteiger partial charge in [0.2, 0.25) is 0 Å². The molecule has 3 rings (SSSR count). The van der Waals surface area contributed by atoms with Crippen LogP contribution in [-0.2, 0) is 9.53 Å². The van der Waals surface area contributed by atoms with Gasteiger partial charge in [-0.05, 0) is 28.1 Å². The van der Waals surface area contributed by atoms with E-state index < -0.39 is 43.6 Å². The van der Waals surface area contributed by atoms with Crippen molar-refractivity contribution in [2.45, 2.75) is 25.6 Å². The standard InChI is InChI=1S/C20H21NO4/c1-12(2)18(19(22)23)21-20(24)25-11-17-15-9-5-3-7-13(15)14-8-4-6-10-16(14)17/h3-10,12,17-18H,11H2,1-2H3,(H,21,24)(H,22,23)/i1D3,2D3,12D,18D. The Morgan fingerprint density at radius 3 is 2.24 bits per heavy atom. The molecule has 0 spiro atoms. The summed E-state index contributed by atoms with van der Waals surface area (Å²) < 4.78 is 65.9. The van der Waals surface area contributed by atoms with Crippen LogP contribution in [0.5, 0.6) is 0 Å². The number of carboxylic acids is 1. The summed E-state index contributed by atoms with van der Waals surface area (Å²) in [7, 11) is 0. The fraction of sp³-hybridized carbons (Fsp3) is 0.300. The Bertz CT molecular complexity index is 1020. The molecule has 1 aliphatic rings. The number of fused-ring (bicyclic) bond motifs is 3. The molecule has 5 heteroatoms. The van der Waals surface area contributed by atoms with Crippen LogP contribution in [0.2, 0.25) is 0 Å². The molecule has 5 nitrogen and oxygen atoms in total. The Hall–Kier alpha value is -2.82. The van der Waals surface area contributed by atoms with Crippen LogP contribution < -0.4 is 5.32 Å². The van der Waals surface area contributed by atoms with Gasteiger partial charge in [-0.15, -0.1) is 0 Å². The number of carbonyl (C=O) groups is 2. The lowest BCUT2D eigenvalue weighted by Gasteiger charge is -2.19. The lowest BCUT2D eigenvalue weighted by atomic mass is 9.98. The van der Waals surface area contributed by atoms with E-state index in [2.05, 4.69) is 0 Å². The maximum Gasteiger partial charge on any atom is 0.407 e. The number of carboxylic acid groups (broad SMARTS) is 1. The van der Waals surface area contributed by atoms with E-state index in [1.54, 1.807) is 12.1 Å². The quantitative estimate of drug-likeness (QED) is 0.866. The topological polar surface area (TPSA) is 75.6 Å². The van der Waals surface area contributed by atoms with E-state index in [1.165, 1.54) is 5.32 Å². The molecule has 1 aliphatic carbocycles. The van der Waals surface area contributed by atoms with Crippen LogP contribution in [0.3, 0.4) is 0 Å². The van der Waals surface area contributed by atoms with Gasteiger partial charge in [0.25, 0.3) is 0 Å². The number of rotatable bonds is 5. The first-order valence-corrected chi connectivity index (χ1v) is 7.51. The SMILES string of the molecule is [2H]C([2H])([2H])C([2H])(C([2H])([2H])[2H])C([2H])(NC(=O)OCC1c2ccccc2-c2ccccc21)C(=O)O. The maximum atomic E-state index is 12.5. The summed E-state index contributed by atoms with van der Waals surface area (Å²) in [4.78, 5) is 24.3. The van der Waals surface area contributed by atoms with Crippen LogP contribution >= 0.6 is 0 Å². The van der Waals surface area contributed by atoms with Gasteiger partial charge < -0.3 is 15.2 Å². The minimum absolute atomic E-state index is 0.290. The maximum absolute atomic E-state index is 12.5. The third-order valence-corrected chi connectivity index (χ3v) is 4.03. The average molecular weight is 347 g/mol. The van der Waals surface area contributed by atoms with Crippen molar-refractivity contribution < 1.29 is 30.4 Å². The van der Waals surface area contributed by atoms with Crippen molar-refractivity contribution in [1.82, 2.24) is 5.32 Å². The van der Waals surface area contributed by atoms with Gasteiger partial charge in [-0.1, -0.05) is 62.2 Å². The van der Waals surface area contributed by atoms with Crippen molar-refractivity contribution in [3.63, 3.8) is 0 Å². The molecule has 25 heavy (non-hydrogen) atoms. The molecule has 0 aromatic heterocycles. The summed E-state index contributed by atoms with van der Waals surface area (Å²) in [6, 6.07) is 11.0. The summed E-state index contributed by atoms with van der Waals surface area (Å²) in [5.41, 5.74) is 3.55. The summed E-state index contributed by atoms with van der Waals surface area (Å²) in [6.45, 7) is -7.80. The van der Waals surface area contributed by atoms with Crippen LogP contribution in [0.25, 0.3) is 11.1 Å². The largest absolute Gasteiger partial charge is 0.480 e. The van der Waals surface area contributed by atoms with Gasteiger partial charge in [-0.2, -0.15) is 0 Å². The van der Waals surface area contributed by atoms with Gasteiger partial charge in [-0.3, -0.25) is 0 Å². The highest BCUT2D eigenvalue weighted by molar-refractivity contribution is 5.81. The number of alkyl carbamates (subject to hydrolysis) is 1. The molecule has 0 bridgehead atoms. The molecule has 1 unspecified atom stereocenters. The molecule has 0 saturated heterocycles. The number of hydrogen-bond acceptors (Lipinski definition) is 3. The zero-order valence-corrected chi connectivity index (χ0v) is 13.1. The molecule has 0 aliphatic heterocycles. The first kappa shape index (κ1) is 9.61. The van der Waals surface area contributed by atoms with Gasteiger partial charge in [0, 0.05) is 15.5 Å². The minimum Gasteiger partial charge on any atom is -0.480 e. The normalized spacial score (nSPS) is 21.3. The van der Waals surface area contributed by atoms with E-state index in [0.29, 0.717) is 0 Å². The van der Waals surface area contributed by atoms with Crippen molar-refractivity contribution in [3.8, 4) is 11.1 Å². The van der Waals surface area contributed by atoms with E-state index >= 15 is 0 Å². The van der Waals surface area contributed by atoms with Crippen LogP contribution in [-0.4, -0.2) is 29.8 Å². The predicted molar refractivity (Wildman–Crippen MR) is 94.5 cm³/mol. The molecule has 130 valence electrons. The summed E-state index contributed by atoms with van der Waals surface area (Å²) in [5, 5.41) is 11.0. The lowest BCUT2D eigenvalue weighted by Crippen LogP contribution is -2.44. The minimum atomic E-state index is -3.88. The van der Waals surface area contributed by atoms with Crippen LogP contribution in [0, 0.1) is 5.89 Å². The highest BCUT2D eigenvalue weighted by Gasteiger charge is 2.30. The Labute approximate surface area is 157 Å². The first-order chi connectivity index (χ1) is 15.1. The molecule has 1 amide bonds. The number of aliphatic carboxylic acids is 1. The van der Waals surface area contributed by atoms with Crippen molar-refractivity contribution >= 4 is 12.1 Å². The van der Waals surface area contributed by atoms with E-state index in [-0.39, 0.29) is 6.61 Å². The molecule has 0 heterocycles. The highest BCUT2D eigenvalue weighted by Crippen LogP contribution is 2.44. The van der Waals surface area contributed by atoms with Gasteiger partial charge in [0.1, 0.15) is 12.6 Å². The molecule has 2 aromatic rings. The second kappa shape index (κ2) is 6.97. The summed E-state index contributed by atoms with van der Waals surface area (Å²) >= 11 is 0. The zero-order valence-electron chi connectivity index (χ0n) is 21.1. The molecule has 1 atom stereocenters. The molecular formula is C20H21NO4. The number of nitrogens with one attached hydrogen (secondary N) is 1. The lowest BCUT2D eigenvalue weighted by molar-refractivity contribution is -0.140. The fourth-order valence-electron chi connectivity index (χ4n) is 2.96. The van der Waals surface area contributed by atoms with Crippen molar-refractivity contribution in [2.75, 3.05) is 6.61 Å². The van der Waals surface area contributed by atoms with E-state index in [9.17, 15) is 14.7 Å². The smallest absolute Gasteiger partial charge is 0.407 e. The van der Waals surface area contributed by atoms with Crippen molar-refractivity contribution in [3.05, 3.63) is 59.7 Å². The van der Waals surface area contributed by atoms with Crippen LogP contribution in [0.15, 0.2) is 48.5 Å². The van der Waals surface area contributed by atoms with Crippen LogP contribution in [0.4, 0.5) is 4.79 Å². The van der Waals surface area contributed by atoms with Crippen molar-refractivity contribution in [1.29, 1.82) is 0 Å². The third-order valence-electron chi connectivity index (χ3n) is 4.03. The van der Waals surface area contributed by atoms with Gasteiger partial charge >= 0.3 is 12.1 Å². The Balaban J connectivity index is 1.87. The number of hydrogen-bond donors (Lipinski definition) is 2. The number of carbonyl (C=O) groups excluding carboxylic acids is 1. The first-order valence-electron chi connectivity index (χ1n) is 11.5.